The summed E-state index contributed by atoms with van der Waals surface area (Å²) in [6.45, 7) is 2.70. The van der Waals surface area contributed by atoms with E-state index in [1.807, 2.05) is 0 Å². The Morgan fingerprint density at radius 2 is 2.31 bits per heavy atom. The fraction of sp³-hybridized carbons (Fsp3) is 0.875. The molecule has 1 unspecified atom stereocenters. The Balaban J connectivity index is 2.31. The lowest BCUT2D eigenvalue weighted by Gasteiger charge is -2.15. The van der Waals surface area contributed by atoms with E-state index < -0.39 is 12.5 Å². The van der Waals surface area contributed by atoms with Crippen LogP contribution in [0.4, 0.5) is 8.78 Å². The third-order valence-electron chi connectivity index (χ3n) is 2.18. The highest BCUT2D eigenvalue weighted by molar-refractivity contribution is 5.79. The van der Waals surface area contributed by atoms with Gasteiger partial charge in [0.05, 0.1) is 12.0 Å². The maximum atomic E-state index is 12.0. The van der Waals surface area contributed by atoms with Gasteiger partial charge in [-0.2, -0.15) is 0 Å². The van der Waals surface area contributed by atoms with Gasteiger partial charge in [0.1, 0.15) is 0 Å². The summed E-state index contributed by atoms with van der Waals surface area (Å²) in [4.78, 5) is 11.3. The molecular formula is C8H14F2N2O. The summed E-state index contributed by atoms with van der Waals surface area (Å²) in [6, 6.07) is -1.05. The molecule has 0 saturated carbocycles. The zero-order valence-electron chi connectivity index (χ0n) is 7.52. The summed E-state index contributed by atoms with van der Waals surface area (Å²) in [5.74, 6) is -0.404. The molecule has 1 rings (SSSR count). The maximum Gasteiger partial charge on any atom is 0.258 e. The molecule has 0 aromatic rings. The minimum Gasteiger partial charge on any atom is -0.348 e. The molecule has 2 atom stereocenters. The Kier molecular flexibility index (Phi) is 3.59. The molecule has 1 amide bonds. The number of halogens is 2. The third kappa shape index (κ3) is 2.91. The molecule has 2 N–H and O–H groups in total. The quantitative estimate of drug-likeness (QED) is 0.678. The Hall–Kier alpha value is -0.710. The molecule has 1 heterocycles. The topological polar surface area (TPSA) is 41.1 Å². The van der Waals surface area contributed by atoms with Crippen LogP contribution in [0.3, 0.4) is 0 Å². The minimum atomic E-state index is -2.49. The molecular weight excluding hydrogens is 178 g/mol. The van der Waals surface area contributed by atoms with Crippen LogP contribution in [-0.4, -0.2) is 31.5 Å². The number of alkyl halides is 2. The molecule has 0 spiro atoms. The number of carbonyl (C=O) groups is 1. The van der Waals surface area contributed by atoms with Gasteiger partial charge in [0.2, 0.25) is 5.91 Å². The molecule has 76 valence electrons. The Bertz CT molecular complexity index is 181. The predicted octanol–water partition coefficient (Wildman–Crippen LogP) is 0.366. The first-order valence-electron chi connectivity index (χ1n) is 4.40. The zero-order chi connectivity index (χ0) is 9.84. The van der Waals surface area contributed by atoms with E-state index in [0.717, 1.165) is 13.0 Å². The van der Waals surface area contributed by atoms with Crippen molar-refractivity contribution in [3.05, 3.63) is 0 Å². The summed E-state index contributed by atoms with van der Waals surface area (Å²) in [5.41, 5.74) is 0. The number of rotatable bonds is 3. The van der Waals surface area contributed by atoms with E-state index in [9.17, 15) is 13.6 Å². The molecule has 1 aliphatic heterocycles. The highest BCUT2D eigenvalue weighted by atomic mass is 19.3. The lowest BCUT2D eigenvalue weighted by Crippen LogP contribution is -2.41. The molecule has 3 nitrogen and oxygen atoms in total. The third-order valence-corrected chi connectivity index (χ3v) is 2.18. The van der Waals surface area contributed by atoms with Crippen molar-refractivity contribution >= 4 is 5.91 Å². The first-order chi connectivity index (χ1) is 6.11. The highest BCUT2D eigenvalue weighted by Crippen LogP contribution is 2.08. The number of carbonyl (C=O) groups excluding carboxylic acids is 1. The van der Waals surface area contributed by atoms with Crippen LogP contribution in [0, 0.1) is 5.92 Å². The summed E-state index contributed by atoms with van der Waals surface area (Å²) in [5, 5.41) is 5.30. The van der Waals surface area contributed by atoms with Crippen LogP contribution in [0.2, 0.25) is 0 Å². The molecule has 0 aliphatic carbocycles. The van der Waals surface area contributed by atoms with Gasteiger partial charge in [-0.3, -0.25) is 4.79 Å². The first kappa shape index (κ1) is 10.4. The van der Waals surface area contributed by atoms with E-state index in [0.29, 0.717) is 6.54 Å². The largest absolute Gasteiger partial charge is 0.348 e. The van der Waals surface area contributed by atoms with Gasteiger partial charge < -0.3 is 10.6 Å². The Morgan fingerprint density at radius 1 is 1.62 bits per heavy atom. The maximum absolute atomic E-state index is 12.0. The van der Waals surface area contributed by atoms with Crippen LogP contribution in [0.1, 0.15) is 13.3 Å². The van der Waals surface area contributed by atoms with Crippen molar-refractivity contribution in [3.63, 3.8) is 0 Å². The highest BCUT2D eigenvalue weighted by Gasteiger charge is 2.25. The van der Waals surface area contributed by atoms with Crippen LogP contribution in [0.25, 0.3) is 0 Å². The summed E-state index contributed by atoms with van der Waals surface area (Å²) >= 11 is 0. The number of hydrogen-bond acceptors (Lipinski definition) is 2. The Morgan fingerprint density at radius 3 is 2.77 bits per heavy atom. The van der Waals surface area contributed by atoms with E-state index >= 15 is 0 Å². The van der Waals surface area contributed by atoms with Crippen LogP contribution in [-0.2, 0) is 4.79 Å². The SMILES string of the molecule is CC(NC(=O)[C@H]1CCNC1)C(F)F. The van der Waals surface area contributed by atoms with Crippen molar-refractivity contribution in [2.24, 2.45) is 5.92 Å². The average Bonchev–Trinajstić information content (AvgIpc) is 2.55. The normalized spacial score (nSPS) is 24.8. The van der Waals surface area contributed by atoms with E-state index in [1.54, 1.807) is 0 Å². The van der Waals surface area contributed by atoms with Gasteiger partial charge in [-0.25, -0.2) is 8.78 Å². The first-order valence-corrected chi connectivity index (χ1v) is 4.40. The molecule has 1 aliphatic rings. The fourth-order valence-corrected chi connectivity index (χ4v) is 1.28. The second-order valence-electron chi connectivity index (χ2n) is 3.32. The second kappa shape index (κ2) is 4.50. The van der Waals surface area contributed by atoms with Gasteiger partial charge in [0.15, 0.2) is 0 Å². The van der Waals surface area contributed by atoms with Crippen LogP contribution in [0.15, 0.2) is 0 Å². The van der Waals surface area contributed by atoms with Gasteiger partial charge >= 0.3 is 0 Å². The monoisotopic (exact) mass is 192 g/mol. The lowest BCUT2D eigenvalue weighted by atomic mass is 10.1. The summed E-state index contributed by atoms with van der Waals surface area (Å²) in [6.07, 6.45) is -1.75. The zero-order valence-corrected chi connectivity index (χ0v) is 7.52. The molecule has 0 bridgehead atoms. The van der Waals surface area contributed by atoms with E-state index in [2.05, 4.69) is 10.6 Å². The van der Waals surface area contributed by atoms with Crippen LogP contribution in [0.5, 0.6) is 0 Å². The molecule has 0 aromatic heterocycles. The van der Waals surface area contributed by atoms with Crippen molar-refractivity contribution in [1.82, 2.24) is 10.6 Å². The average molecular weight is 192 g/mol. The minimum absolute atomic E-state index is 0.138. The molecule has 1 saturated heterocycles. The number of hydrogen-bond donors (Lipinski definition) is 2. The van der Waals surface area contributed by atoms with Crippen LogP contribution >= 0.6 is 0 Å². The van der Waals surface area contributed by atoms with Crippen molar-refractivity contribution in [3.8, 4) is 0 Å². The molecule has 13 heavy (non-hydrogen) atoms. The van der Waals surface area contributed by atoms with Crippen molar-refractivity contribution in [2.45, 2.75) is 25.8 Å². The summed E-state index contributed by atoms with van der Waals surface area (Å²) in [7, 11) is 0. The molecule has 5 heteroatoms. The van der Waals surface area contributed by atoms with Gasteiger partial charge in [-0.15, -0.1) is 0 Å². The van der Waals surface area contributed by atoms with E-state index in [4.69, 9.17) is 0 Å². The molecule has 1 fully saturated rings. The molecule has 0 radical (unpaired) electrons. The second-order valence-corrected chi connectivity index (χ2v) is 3.32. The Labute approximate surface area is 75.9 Å². The standard InChI is InChI=1S/C8H14F2N2O/c1-5(7(9)10)12-8(13)6-2-3-11-4-6/h5-7,11H,2-4H2,1H3,(H,12,13)/t5?,6-/m0/s1. The smallest absolute Gasteiger partial charge is 0.258 e. The van der Waals surface area contributed by atoms with E-state index in [-0.39, 0.29) is 11.8 Å². The van der Waals surface area contributed by atoms with E-state index in [1.165, 1.54) is 6.92 Å². The van der Waals surface area contributed by atoms with Crippen molar-refractivity contribution in [1.29, 1.82) is 0 Å². The lowest BCUT2D eigenvalue weighted by molar-refractivity contribution is -0.126. The van der Waals surface area contributed by atoms with Crippen molar-refractivity contribution in [2.75, 3.05) is 13.1 Å². The van der Waals surface area contributed by atoms with Gasteiger partial charge in [0, 0.05) is 6.54 Å². The van der Waals surface area contributed by atoms with Gasteiger partial charge in [-0.05, 0) is 19.9 Å². The molecule has 0 aromatic carbocycles. The number of nitrogens with one attached hydrogen (secondary N) is 2. The van der Waals surface area contributed by atoms with Crippen LogP contribution < -0.4 is 10.6 Å². The van der Waals surface area contributed by atoms with Crippen molar-refractivity contribution < 1.29 is 13.6 Å². The fourth-order valence-electron chi connectivity index (χ4n) is 1.28. The predicted molar refractivity (Wildman–Crippen MR) is 44.6 cm³/mol. The number of amides is 1. The summed E-state index contributed by atoms with van der Waals surface area (Å²) < 4.78 is 24.1. The van der Waals surface area contributed by atoms with Gasteiger partial charge in [0.25, 0.3) is 6.43 Å². The van der Waals surface area contributed by atoms with Gasteiger partial charge in [-0.1, -0.05) is 0 Å².